The first kappa shape index (κ1) is 9.71. The van der Waals surface area contributed by atoms with Gasteiger partial charge in [0.1, 0.15) is 0 Å². The Balaban J connectivity index is 1.94. The molecule has 2 aliphatic heterocycles. The van der Waals surface area contributed by atoms with Crippen molar-refractivity contribution in [3.63, 3.8) is 0 Å². The molecule has 2 atom stereocenters. The van der Waals surface area contributed by atoms with Gasteiger partial charge in [-0.3, -0.25) is 4.79 Å². The van der Waals surface area contributed by atoms with Gasteiger partial charge >= 0.3 is 5.97 Å². The summed E-state index contributed by atoms with van der Waals surface area (Å²) in [5, 5.41) is 0. The maximum Gasteiger partial charge on any atom is 0.310 e. The van der Waals surface area contributed by atoms with Gasteiger partial charge < -0.3 is 9.47 Å². The van der Waals surface area contributed by atoms with Gasteiger partial charge in [0.2, 0.25) is 0 Å². The normalized spacial score (nSPS) is 35.9. The van der Waals surface area contributed by atoms with E-state index >= 15 is 0 Å². The molecule has 2 bridgehead atoms. The van der Waals surface area contributed by atoms with Gasteiger partial charge in [-0.1, -0.05) is 6.42 Å². The number of ether oxygens (including phenoxy) is 2. The Morgan fingerprint density at radius 1 is 1.21 bits per heavy atom. The van der Waals surface area contributed by atoms with Gasteiger partial charge in [0.15, 0.2) is 0 Å². The average Bonchev–Trinajstić information content (AvgIpc) is 2.58. The fraction of sp³-hybridized carbons (Fsp3) is 0.727. The minimum atomic E-state index is -0.126. The molecule has 0 aromatic rings. The van der Waals surface area contributed by atoms with Crippen molar-refractivity contribution in [2.24, 2.45) is 0 Å². The zero-order valence-electron chi connectivity index (χ0n) is 8.28. The lowest BCUT2D eigenvalue weighted by Gasteiger charge is -2.09. The molecule has 2 unspecified atom stereocenters. The summed E-state index contributed by atoms with van der Waals surface area (Å²) in [7, 11) is 0. The average molecular weight is 196 g/mol. The van der Waals surface area contributed by atoms with Crippen LogP contribution in [0, 0.1) is 0 Å². The molecule has 0 amide bonds. The van der Waals surface area contributed by atoms with Crippen LogP contribution in [0.5, 0.6) is 0 Å². The molecule has 2 rings (SSSR count). The minimum absolute atomic E-state index is 0.126. The van der Waals surface area contributed by atoms with Gasteiger partial charge in [0, 0.05) is 6.42 Å². The van der Waals surface area contributed by atoms with Crippen LogP contribution >= 0.6 is 0 Å². The summed E-state index contributed by atoms with van der Waals surface area (Å²) in [5.74, 6) is -0.126. The molecule has 0 saturated carbocycles. The Hall–Kier alpha value is -0.830. The summed E-state index contributed by atoms with van der Waals surface area (Å²) < 4.78 is 10.7. The van der Waals surface area contributed by atoms with Crippen LogP contribution < -0.4 is 0 Å². The predicted octanol–water partition coefficient (Wildman–Crippen LogP) is 2.16. The summed E-state index contributed by atoms with van der Waals surface area (Å²) in [5.41, 5.74) is 0. The maximum atomic E-state index is 11.1. The minimum Gasteiger partial charge on any atom is -0.435 e. The number of carbonyl (C=O) groups excluding carboxylic acids is 1. The van der Waals surface area contributed by atoms with E-state index in [0.29, 0.717) is 12.5 Å². The molecule has 2 heterocycles. The predicted molar refractivity (Wildman–Crippen MR) is 51.6 cm³/mol. The highest BCUT2D eigenvalue weighted by Gasteiger charge is 2.23. The molecule has 0 aliphatic carbocycles. The second-order valence-electron chi connectivity index (χ2n) is 3.94. The van der Waals surface area contributed by atoms with E-state index in [4.69, 9.17) is 9.47 Å². The second kappa shape index (κ2) is 4.60. The Morgan fingerprint density at radius 2 is 2.14 bits per heavy atom. The van der Waals surface area contributed by atoms with Gasteiger partial charge in [-0.25, -0.2) is 0 Å². The molecule has 1 fully saturated rings. The van der Waals surface area contributed by atoms with E-state index in [9.17, 15) is 4.79 Å². The number of cyclic esters (lactones) is 1. The molecular weight excluding hydrogens is 180 g/mol. The molecule has 0 aromatic carbocycles. The van der Waals surface area contributed by atoms with E-state index < -0.39 is 0 Å². The van der Waals surface area contributed by atoms with Crippen LogP contribution in [0.1, 0.15) is 38.5 Å². The SMILES string of the molecule is O=C1CCCCC2CCC(/C=C\O1)O2. The van der Waals surface area contributed by atoms with Crippen molar-refractivity contribution in [2.75, 3.05) is 0 Å². The van der Waals surface area contributed by atoms with E-state index in [1.807, 2.05) is 6.08 Å². The van der Waals surface area contributed by atoms with E-state index in [-0.39, 0.29) is 12.1 Å². The zero-order chi connectivity index (χ0) is 9.80. The first-order valence-electron chi connectivity index (χ1n) is 5.36. The van der Waals surface area contributed by atoms with Crippen molar-refractivity contribution in [3.8, 4) is 0 Å². The summed E-state index contributed by atoms with van der Waals surface area (Å²) in [6, 6.07) is 0. The molecule has 0 aromatic heterocycles. The van der Waals surface area contributed by atoms with Crippen LogP contribution in [-0.4, -0.2) is 18.2 Å². The van der Waals surface area contributed by atoms with Gasteiger partial charge in [-0.2, -0.15) is 0 Å². The number of hydrogen-bond donors (Lipinski definition) is 0. The van der Waals surface area contributed by atoms with Crippen molar-refractivity contribution in [1.29, 1.82) is 0 Å². The first-order chi connectivity index (χ1) is 6.84. The molecule has 2 aliphatic rings. The van der Waals surface area contributed by atoms with E-state index in [1.54, 1.807) is 0 Å². The number of fused-ring (bicyclic) bond motifs is 2. The summed E-state index contributed by atoms with van der Waals surface area (Å²) in [4.78, 5) is 11.1. The smallest absolute Gasteiger partial charge is 0.310 e. The molecule has 0 spiro atoms. The fourth-order valence-electron chi connectivity index (χ4n) is 1.99. The van der Waals surface area contributed by atoms with Crippen molar-refractivity contribution in [1.82, 2.24) is 0 Å². The van der Waals surface area contributed by atoms with E-state index in [0.717, 1.165) is 32.1 Å². The highest BCUT2D eigenvalue weighted by molar-refractivity contribution is 5.69. The van der Waals surface area contributed by atoms with Crippen LogP contribution in [0.25, 0.3) is 0 Å². The van der Waals surface area contributed by atoms with Crippen LogP contribution in [0.3, 0.4) is 0 Å². The van der Waals surface area contributed by atoms with Gasteiger partial charge in [-0.05, 0) is 31.8 Å². The molecule has 14 heavy (non-hydrogen) atoms. The van der Waals surface area contributed by atoms with Crippen molar-refractivity contribution < 1.29 is 14.3 Å². The van der Waals surface area contributed by atoms with E-state index in [1.165, 1.54) is 6.26 Å². The van der Waals surface area contributed by atoms with Crippen LogP contribution in [0.2, 0.25) is 0 Å². The number of hydrogen-bond acceptors (Lipinski definition) is 3. The highest BCUT2D eigenvalue weighted by Crippen LogP contribution is 2.25. The van der Waals surface area contributed by atoms with Crippen molar-refractivity contribution in [2.45, 2.75) is 50.7 Å². The molecule has 1 saturated heterocycles. The lowest BCUT2D eigenvalue weighted by atomic mass is 10.1. The summed E-state index contributed by atoms with van der Waals surface area (Å²) in [6.07, 6.45) is 9.68. The summed E-state index contributed by atoms with van der Waals surface area (Å²) >= 11 is 0. The highest BCUT2D eigenvalue weighted by atomic mass is 16.5. The molecular formula is C11H16O3. The van der Waals surface area contributed by atoms with Crippen molar-refractivity contribution >= 4 is 5.97 Å². The largest absolute Gasteiger partial charge is 0.435 e. The van der Waals surface area contributed by atoms with Crippen molar-refractivity contribution in [3.05, 3.63) is 12.3 Å². The van der Waals surface area contributed by atoms with Crippen LogP contribution in [-0.2, 0) is 14.3 Å². The van der Waals surface area contributed by atoms with Crippen LogP contribution in [0.15, 0.2) is 12.3 Å². The monoisotopic (exact) mass is 196 g/mol. The molecule has 0 radical (unpaired) electrons. The number of esters is 1. The molecule has 78 valence electrons. The lowest BCUT2D eigenvalue weighted by molar-refractivity contribution is -0.138. The lowest BCUT2D eigenvalue weighted by Crippen LogP contribution is -2.08. The Morgan fingerprint density at radius 3 is 3.07 bits per heavy atom. The van der Waals surface area contributed by atoms with Gasteiger partial charge in [-0.15, -0.1) is 0 Å². The third kappa shape index (κ3) is 2.58. The topological polar surface area (TPSA) is 35.5 Å². The van der Waals surface area contributed by atoms with Crippen LogP contribution in [0.4, 0.5) is 0 Å². The molecule has 0 N–H and O–H groups in total. The van der Waals surface area contributed by atoms with Gasteiger partial charge in [0.25, 0.3) is 0 Å². The van der Waals surface area contributed by atoms with Gasteiger partial charge in [0.05, 0.1) is 18.5 Å². The third-order valence-corrected chi connectivity index (χ3v) is 2.79. The Bertz CT molecular complexity index is 235. The molecule has 3 heteroatoms. The first-order valence-corrected chi connectivity index (χ1v) is 5.36. The number of rotatable bonds is 0. The Kier molecular flexibility index (Phi) is 3.19. The standard InChI is InChI=1S/C11H16O3/c12-11-4-2-1-3-9-5-6-10(14-9)7-8-13-11/h7-10H,1-6H2/b8-7-. The quantitative estimate of drug-likeness (QED) is 0.557. The molecule has 3 nitrogen and oxygen atoms in total. The second-order valence-corrected chi connectivity index (χ2v) is 3.94. The fourth-order valence-corrected chi connectivity index (χ4v) is 1.99. The van der Waals surface area contributed by atoms with E-state index in [2.05, 4.69) is 0 Å². The number of carbonyl (C=O) groups is 1. The Labute approximate surface area is 84.1 Å². The maximum absolute atomic E-state index is 11.1. The third-order valence-electron chi connectivity index (χ3n) is 2.79. The zero-order valence-corrected chi connectivity index (χ0v) is 8.28. The summed E-state index contributed by atoms with van der Waals surface area (Å²) in [6.45, 7) is 0.